The summed E-state index contributed by atoms with van der Waals surface area (Å²) in [5, 5.41) is 4.81. The first-order valence-electron chi connectivity index (χ1n) is 3.90. The van der Waals surface area contributed by atoms with Gasteiger partial charge >= 0.3 is 6.03 Å². The first kappa shape index (κ1) is 11.7. The van der Waals surface area contributed by atoms with Crippen molar-refractivity contribution in [3.63, 3.8) is 0 Å². The van der Waals surface area contributed by atoms with Crippen LogP contribution in [0.1, 0.15) is 6.92 Å². The summed E-state index contributed by atoms with van der Waals surface area (Å²) in [5.41, 5.74) is 4.83. The molecule has 3 amide bonds. The molecule has 6 heteroatoms. The molecule has 4 N–H and O–H groups in total. The zero-order valence-electron chi connectivity index (χ0n) is 7.79. The molecule has 0 aliphatic carbocycles. The van der Waals surface area contributed by atoms with Gasteiger partial charge in [-0.25, -0.2) is 4.79 Å². The van der Waals surface area contributed by atoms with Gasteiger partial charge in [-0.05, 0) is 6.92 Å². The SMILES string of the molecule is COCCNC(=O)C(C)NC(N)=O. The number of carbonyl (C=O) groups is 2. The van der Waals surface area contributed by atoms with Crippen molar-refractivity contribution < 1.29 is 14.3 Å². The second-order valence-electron chi connectivity index (χ2n) is 2.51. The molecule has 0 aliphatic rings. The number of urea groups is 1. The molecule has 1 atom stereocenters. The Morgan fingerprint density at radius 1 is 1.54 bits per heavy atom. The van der Waals surface area contributed by atoms with Gasteiger partial charge in [-0.2, -0.15) is 0 Å². The minimum atomic E-state index is -0.714. The Morgan fingerprint density at radius 3 is 2.62 bits per heavy atom. The van der Waals surface area contributed by atoms with Gasteiger partial charge in [-0.1, -0.05) is 0 Å². The van der Waals surface area contributed by atoms with E-state index in [1.54, 1.807) is 6.92 Å². The average Bonchev–Trinajstić information content (AvgIpc) is 2.03. The normalized spacial score (nSPS) is 11.8. The highest BCUT2D eigenvalue weighted by Gasteiger charge is 2.12. The number of hydrogen-bond acceptors (Lipinski definition) is 3. The zero-order valence-corrected chi connectivity index (χ0v) is 7.79. The highest BCUT2D eigenvalue weighted by atomic mass is 16.5. The van der Waals surface area contributed by atoms with Gasteiger partial charge in [0.2, 0.25) is 5.91 Å². The number of carbonyl (C=O) groups excluding carboxylic acids is 2. The topological polar surface area (TPSA) is 93.4 Å². The van der Waals surface area contributed by atoms with Crippen molar-refractivity contribution in [1.29, 1.82) is 0 Å². The van der Waals surface area contributed by atoms with Crippen molar-refractivity contribution in [2.75, 3.05) is 20.3 Å². The van der Waals surface area contributed by atoms with E-state index in [-0.39, 0.29) is 5.91 Å². The Balaban J connectivity index is 3.63. The predicted molar refractivity (Wildman–Crippen MR) is 47.1 cm³/mol. The lowest BCUT2D eigenvalue weighted by Crippen LogP contribution is -2.47. The molecular weight excluding hydrogens is 174 g/mol. The first-order valence-corrected chi connectivity index (χ1v) is 3.90. The van der Waals surface area contributed by atoms with Crippen LogP contribution < -0.4 is 16.4 Å². The molecule has 0 aromatic rings. The fraction of sp³-hybridized carbons (Fsp3) is 0.714. The molecule has 0 aromatic carbocycles. The van der Waals surface area contributed by atoms with Gasteiger partial charge in [0.15, 0.2) is 0 Å². The van der Waals surface area contributed by atoms with Crippen molar-refractivity contribution >= 4 is 11.9 Å². The predicted octanol–water partition coefficient (Wildman–Crippen LogP) is -1.19. The molecule has 0 aromatic heterocycles. The van der Waals surface area contributed by atoms with Crippen LogP contribution in [0.3, 0.4) is 0 Å². The first-order chi connectivity index (χ1) is 6.07. The van der Waals surface area contributed by atoms with Crippen molar-refractivity contribution in [2.45, 2.75) is 13.0 Å². The quantitative estimate of drug-likeness (QED) is 0.474. The second kappa shape index (κ2) is 6.24. The molecule has 6 nitrogen and oxygen atoms in total. The van der Waals surface area contributed by atoms with Crippen LogP contribution >= 0.6 is 0 Å². The van der Waals surface area contributed by atoms with Crippen LogP contribution in [0.2, 0.25) is 0 Å². The maximum absolute atomic E-state index is 11.1. The van der Waals surface area contributed by atoms with Gasteiger partial charge in [0.1, 0.15) is 6.04 Å². The van der Waals surface area contributed by atoms with Crippen LogP contribution in [-0.2, 0) is 9.53 Å². The zero-order chi connectivity index (χ0) is 10.3. The highest BCUT2D eigenvalue weighted by Crippen LogP contribution is 1.80. The summed E-state index contributed by atoms with van der Waals surface area (Å²) in [6.07, 6.45) is 0. The molecule has 0 radical (unpaired) electrons. The molecule has 0 rings (SSSR count). The van der Waals surface area contributed by atoms with Gasteiger partial charge in [-0.3, -0.25) is 4.79 Å². The minimum Gasteiger partial charge on any atom is -0.383 e. The third-order valence-corrected chi connectivity index (χ3v) is 1.36. The molecule has 0 heterocycles. The Labute approximate surface area is 76.8 Å². The van der Waals surface area contributed by atoms with Crippen molar-refractivity contribution in [2.24, 2.45) is 5.73 Å². The molecule has 0 aliphatic heterocycles. The van der Waals surface area contributed by atoms with E-state index in [1.165, 1.54) is 7.11 Å². The molecule has 0 spiro atoms. The molecule has 0 bridgehead atoms. The number of nitrogens with two attached hydrogens (primary N) is 1. The number of hydrogen-bond donors (Lipinski definition) is 3. The maximum Gasteiger partial charge on any atom is 0.312 e. The van der Waals surface area contributed by atoms with Crippen molar-refractivity contribution in [3.05, 3.63) is 0 Å². The lowest BCUT2D eigenvalue weighted by Gasteiger charge is -2.11. The Bertz CT molecular complexity index is 184. The summed E-state index contributed by atoms with van der Waals surface area (Å²) in [4.78, 5) is 21.5. The Hall–Kier alpha value is -1.30. The summed E-state index contributed by atoms with van der Waals surface area (Å²) in [7, 11) is 1.54. The molecule has 0 fully saturated rings. The number of nitrogens with one attached hydrogen (secondary N) is 2. The molecule has 0 saturated carbocycles. The van der Waals surface area contributed by atoms with E-state index in [9.17, 15) is 9.59 Å². The number of ether oxygens (including phenoxy) is 1. The number of amides is 3. The fourth-order valence-corrected chi connectivity index (χ4v) is 0.708. The lowest BCUT2D eigenvalue weighted by atomic mass is 10.3. The van der Waals surface area contributed by atoms with Gasteiger partial charge in [0.25, 0.3) is 0 Å². The van der Waals surface area contributed by atoms with Crippen molar-refractivity contribution in [3.8, 4) is 0 Å². The second-order valence-corrected chi connectivity index (χ2v) is 2.51. The van der Waals surface area contributed by atoms with E-state index in [1.807, 2.05) is 0 Å². The molecule has 1 unspecified atom stereocenters. The summed E-state index contributed by atoms with van der Waals surface area (Å²) < 4.78 is 4.73. The Morgan fingerprint density at radius 2 is 2.15 bits per heavy atom. The summed E-state index contributed by atoms with van der Waals surface area (Å²) >= 11 is 0. The largest absolute Gasteiger partial charge is 0.383 e. The highest BCUT2D eigenvalue weighted by molar-refractivity contribution is 5.86. The summed E-state index contributed by atoms with van der Waals surface area (Å²) in [6.45, 7) is 2.40. The smallest absolute Gasteiger partial charge is 0.312 e. The molecule has 0 saturated heterocycles. The number of methoxy groups -OCH3 is 1. The average molecular weight is 189 g/mol. The maximum atomic E-state index is 11.1. The van der Waals surface area contributed by atoms with Crippen LogP contribution in [0, 0.1) is 0 Å². The third-order valence-electron chi connectivity index (χ3n) is 1.36. The third kappa shape index (κ3) is 5.92. The van der Waals surface area contributed by atoms with E-state index in [0.717, 1.165) is 0 Å². The monoisotopic (exact) mass is 189 g/mol. The van der Waals surface area contributed by atoms with E-state index in [2.05, 4.69) is 10.6 Å². The van der Waals surface area contributed by atoms with Gasteiger partial charge in [0.05, 0.1) is 6.61 Å². The molecule has 76 valence electrons. The van der Waals surface area contributed by atoms with E-state index < -0.39 is 12.1 Å². The molecular formula is C7H15N3O3. The Kier molecular flexibility index (Phi) is 5.62. The fourth-order valence-electron chi connectivity index (χ4n) is 0.708. The van der Waals surface area contributed by atoms with Crippen LogP contribution in [0.5, 0.6) is 0 Å². The van der Waals surface area contributed by atoms with Crippen LogP contribution in [0.15, 0.2) is 0 Å². The molecule has 13 heavy (non-hydrogen) atoms. The van der Waals surface area contributed by atoms with Crippen LogP contribution in [-0.4, -0.2) is 38.2 Å². The van der Waals surface area contributed by atoms with E-state index in [0.29, 0.717) is 13.2 Å². The lowest BCUT2D eigenvalue weighted by molar-refractivity contribution is -0.122. The van der Waals surface area contributed by atoms with E-state index in [4.69, 9.17) is 10.5 Å². The summed E-state index contributed by atoms with van der Waals surface area (Å²) in [5.74, 6) is -0.282. The van der Waals surface area contributed by atoms with Gasteiger partial charge < -0.3 is 21.1 Å². The minimum absolute atomic E-state index is 0.282. The number of rotatable bonds is 5. The van der Waals surface area contributed by atoms with Crippen LogP contribution in [0.4, 0.5) is 4.79 Å². The van der Waals surface area contributed by atoms with Gasteiger partial charge in [-0.15, -0.1) is 0 Å². The van der Waals surface area contributed by atoms with E-state index >= 15 is 0 Å². The number of primary amides is 1. The summed E-state index contributed by atoms with van der Waals surface area (Å²) in [6, 6.07) is -1.33. The van der Waals surface area contributed by atoms with Crippen LogP contribution in [0.25, 0.3) is 0 Å². The van der Waals surface area contributed by atoms with Crippen molar-refractivity contribution in [1.82, 2.24) is 10.6 Å². The standard InChI is InChI=1S/C7H15N3O3/c1-5(10-7(8)12)6(11)9-3-4-13-2/h5H,3-4H2,1-2H3,(H,9,11)(H3,8,10,12). The van der Waals surface area contributed by atoms with Gasteiger partial charge in [0, 0.05) is 13.7 Å².